The molecule has 1 heterocycles. The van der Waals surface area contributed by atoms with Gasteiger partial charge in [0.05, 0.1) is 6.20 Å². The summed E-state index contributed by atoms with van der Waals surface area (Å²) in [5.74, 6) is -0.828. The second-order valence-corrected chi connectivity index (χ2v) is 5.14. The minimum absolute atomic E-state index is 0.0985. The fourth-order valence-electron chi connectivity index (χ4n) is 2.70. The van der Waals surface area contributed by atoms with Crippen LogP contribution in [0.5, 0.6) is 0 Å². The second-order valence-electron chi connectivity index (χ2n) is 5.14. The molecule has 104 valence electrons. The second kappa shape index (κ2) is 5.99. The van der Waals surface area contributed by atoms with Crippen LogP contribution in [0.4, 0.5) is 10.2 Å². The van der Waals surface area contributed by atoms with Gasteiger partial charge < -0.3 is 10.4 Å². The van der Waals surface area contributed by atoms with Crippen LogP contribution in [0.3, 0.4) is 0 Å². The fourth-order valence-corrected chi connectivity index (χ4v) is 2.70. The lowest BCUT2D eigenvalue weighted by Crippen LogP contribution is -2.28. The third kappa shape index (κ3) is 3.43. The van der Waals surface area contributed by atoms with Crippen molar-refractivity contribution in [1.82, 2.24) is 4.98 Å². The number of aromatic nitrogens is 1. The highest BCUT2D eigenvalue weighted by Crippen LogP contribution is 2.29. The molecule has 1 saturated carbocycles. The number of carboxylic acid groups (broad SMARTS) is 1. The van der Waals surface area contributed by atoms with Gasteiger partial charge in [-0.1, -0.05) is 26.2 Å². The number of halogens is 1. The van der Waals surface area contributed by atoms with Crippen molar-refractivity contribution in [2.75, 3.05) is 5.32 Å². The molecule has 1 aromatic heterocycles. The molecule has 4 nitrogen and oxygen atoms in total. The molecule has 2 rings (SSSR count). The van der Waals surface area contributed by atoms with Crippen molar-refractivity contribution in [2.24, 2.45) is 5.92 Å². The summed E-state index contributed by atoms with van der Waals surface area (Å²) in [6.45, 7) is 2.17. The Morgan fingerprint density at radius 1 is 1.58 bits per heavy atom. The van der Waals surface area contributed by atoms with E-state index in [4.69, 9.17) is 5.11 Å². The molecule has 2 atom stereocenters. The fraction of sp³-hybridized carbons (Fsp3) is 0.571. The normalized spacial score (nSPS) is 23.1. The number of aromatic carboxylic acids is 1. The van der Waals surface area contributed by atoms with Gasteiger partial charge in [0.25, 0.3) is 0 Å². The van der Waals surface area contributed by atoms with Crippen molar-refractivity contribution in [3.05, 3.63) is 23.6 Å². The average molecular weight is 266 g/mol. The van der Waals surface area contributed by atoms with Gasteiger partial charge >= 0.3 is 5.97 Å². The van der Waals surface area contributed by atoms with Gasteiger partial charge in [-0.25, -0.2) is 14.2 Å². The molecule has 0 aliphatic heterocycles. The molecule has 2 N–H and O–H groups in total. The maximum Gasteiger partial charge on any atom is 0.339 e. The third-order valence-corrected chi connectivity index (χ3v) is 3.79. The summed E-state index contributed by atoms with van der Waals surface area (Å²) < 4.78 is 13.0. The summed E-state index contributed by atoms with van der Waals surface area (Å²) in [4.78, 5) is 15.0. The Bertz CT molecular complexity index is 465. The number of anilines is 1. The Morgan fingerprint density at radius 2 is 2.37 bits per heavy atom. The van der Waals surface area contributed by atoms with Crippen molar-refractivity contribution in [2.45, 2.75) is 45.1 Å². The van der Waals surface area contributed by atoms with Crippen LogP contribution in [0, 0.1) is 11.7 Å². The van der Waals surface area contributed by atoms with Crippen molar-refractivity contribution in [3.63, 3.8) is 0 Å². The van der Waals surface area contributed by atoms with Gasteiger partial charge in [-0.15, -0.1) is 0 Å². The monoisotopic (exact) mass is 266 g/mol. The zero-order valence-electron chi connectivity index (χ0n) is 11.0. The van der Waals surface area contributed by atoms with E-state index in [0.29, 0.717) is 5.92 Å². The lowest BCUT2D eigenvalue weighted by molar-refractivity contribution is 0.0697. The van der Waals surface area contributed by atoms with Gasteiger partial charge in [-0.3, -0.25) is 0 Å². The number of hydrogen-bond donors (Lipinski definition) is 2. The summed E-state index contributed by atoms with van der Waals surface area (Å²) in [7, 11) is 0. The van der Waals surface area contributed by atoms with E-state index in [0.717, 1.165) is 37.9 Å². The molecule has 19 heavy (non-hydrogen) atoms. The highest BCUT2D eigenvalue weighted by atomic mass is 19.1. The Hall–Kier alpha value is -1.65. The van der Waals surface area contributed by atoms with E-state index in [1.807, 2.05) is 0 Å². The van der Waals surface area contributed by atoms with E-state index in [2.05, 4.69) is 17.2 Å². The Morgan fingerprint density at radius 3 is 3.05 bits per heavy atom. The molecule has 1 aliphatic rings. The van der Waals surface area contributed by atoms with Crippen LogP contribution in [-0.2, 0) is 0 Å². The molecule has 0 aromatic carbocycles. The number of carbonyl (C=O) groups is 1. The van der Waals surface area contributed by atoms with Crippen LogP contribution in [0.25, 0.3) is 0 Å². The smallest absolute Gasteiger partial charge is 0.339 e. The molecule has 5 heteroatoms. The standard InChI is InChI=1S/C14H19FN2O2/c1-2-9-4-3-5-11(6-9)17-13-12(14(18)19)7-10(15)8-16-13/h7-9,11H,2-6H2,1H3,(H,16,17)(H,18,19). The van der Waals surface area contributed by atoms with Crippen molar-refractivity contribution in [3.8, 4) is 0 Å². The molecular formula is C14H19FN2O2. The van der Waals surface area contributed by atoms with Gasteiger partial charge in [0.2, 0.25) is 0 Å². The molecule has 0 radical (unpaired) electrons. The minimum Gasteiger partial charge on any atom is -0.478 e. The van der Waals surface area contributed by atoms with Crippen molar-refractivity contribution in [1.29, 1.82) is 0 Å². The SMILES string of the molecule is CCC1CCCC(Nc2ncc(F)cc2C(=O)O)C1. The molecule has 0 amide bonds. The number of nitrogens with zero attached hydrogens (tertiary/aromatic N) is 1. The zero-order chi connectivity index (χ0) is 13.8. The average Bonchev–Trinajstić information content (AvgIpc) is 2.41. The lowest BCUT2D eigenvalue weighted by Gasteiger charge is -2.29. The van der Waals surface area contributed by atoms with Crippen LogP contribution >= 0.6 is 0 Å². The van der Waals surface area contributed by atoms with Crippen molar-refractivity contribution >= 4 is 11.8 Å². The third-order valence-electron chi connectivity index (χ3n) is 3.79. The van der Waals surface area contributed by atoms with E-state index in [1.165, 1.54) is 6.42 Å². The van der Waals surface area contributed by atoms with Gasteiger partial charge in [-0.05, 0) is 24.8 Å². The van der Waals surface area contributed by atoms with E-state index in [-0.39, 0.29) is 17.4 Å². The van der Waals surface area contributed by atoms with E-state index in [9.17, 15) is 9.18 Å². The maximum atomic E-state index is 13.0. The van der Waals surface area contributed by atoms with E-state index in [1.54, 1.807) is 0 Å². The Kier molecular flexibility index (Phi) is 4.35. The quantitative estimate of drug-likeness (QED) is 0.877. The van der Waals surface area contributed by atoms with Crippen LogP contribution in [0.2, 0.25) is 0 Å². The zero-order valence-corrected chi connectivity index (χ0v) is 11.0. The Labute approximate surface area is 112 Å². The molecule has 1 aliphatic carbocycles. The Balaban J connectivity index is 2.12. The molecule has 0 saturated heterocycles. The number of carboxylic acids is 1. The summed E-state index contributed by atoms with van der Waals surface area (Å²) in [5.41, 5.74) is -0.0985. The van der Waals surface area contributed by atoms with Gasteiger partial charge in [-0.2, -0.15) is 0 Å². The summed E-state index contributed by atoms with van der Waals surface area (Å²) >= 11 is 0. The maximum absolute atomic E-state index is 13.0. The summed E-state index contributed by atoms with van der Waals surface area (Å²) in [6.07, 6.45) is 6.59. The highest BCUT2D eigenvalue weighted by molar-refractivity contribution is 5.93. The molecule has 1 fully saturated rings. The molecule has 0 bridgehead atoms. The first kappa shape index (κ1) is 13.8. The van der Waals surface area contributed by atoms with Gasteiger partial charge in [0, 0.05) is 6.04 Å². The van der Waals surface area contributed by atoms with Crippen molar-refractivity contribution < 1.29 is 14.3 Å². The topological polar surface area (TPSA) is 62.2 Å². The summed E-state index contributed by atoms with van der Waals surface area (Å²) in [5, 5.41) is 12.2. The van der Waals surface area contributed by atoms with Gasteiger partial charge in [0.1, 0.15) is 17.2 Å². The molecule has 2 unspecified atom stereocenters. The number of hydrogen-bond acceptors (Lipinski definition) is 3. The number of nitrogens with one attached hydrogen (secondary N) is 1. The molecular weight excluding hydrogens is 247 g/mol. The molecule has 1 aromatic rings. The number of rotatable bonds is 4. The van der Waals surface area contributed by atoms with Crippen LogP contribution < -0.4 is 5.32 Å². The largest absolute Gasteiger partial charge is 0.478 e. The highest BCUT2D eigenvalue weighted by Gasteiger charge is 2.23. The minimum atomic E-state index is -1.16. The van der Waals surface area contributed by atoms with Crippen LogP contribution in [-0.4, -0.2) is 22.1 Å². The van der Waals surface area contributed by atoms with E-state index >= 15 is 0 Å². The lowest BCUT2D eigenvalue weighted by atomic mass is 9.84. The predicted molar refractivity (Wildman–Crippen MR) is 70.8 cm³/mol. The van der Waals surface area contributed by atoms with Crippen LogP contribution in [0.15, 0.2) is 12.3 Å². The van der Waals surface area contributed by atoms with Crippen LogP contribution in [0.1, 0.15) is 49.4 Å². The van der Waals surface area contributed by atoms with Gasteiger partial charge in [0.15, 0.2) is 0 Å². The first-order valence-corrected chi connectivity index (χ1v) is 6.75. The van der Waals surface area contributed by atoms with E-state index < -0.39 is 11.8 Å². The first-order valence-electron chi connectivity index (χ1n) is 6.75. The first-order chi connectivity index (χ1) is 9.10. The number of pyridine rings is 1. The summed E-state index contributed by atoms with van der Waals surface area (Å²) in [6, 6.07) is 1.24. The molecule has 0 spiro atoms. The predicted octanol–water partition coefficient (Wildman–Crippen LogP) is 3.30.